The number of nitrogens with zero attached hydrogens (tertiary/aromatic N) is 1. The largest absolute Gasteiger partial charge is 0.379 e. The van der Waals surface area contributed by atoms with E-state index in [1.807, 2.05) is 28.7 Å². The second-order valence-electron chi connectivity index (χ2n) is 6.05. The quantitative estimate of drug-likeness (QED) is 0.679. The molecule has 4 nitrogen and oxygen atoms in total. The molecule has 138 valence electrons. The lowest BCUT2D eigenvalue weighted by Gasteiger charge is -2.35. The van der Waals surface area contributed by atoms with Gasteiger partial charge in [-0.1, -0.05) is 12.1 Å². The van der Waals surface area contributed by atoms with Crippen molar-refractivity contribution in [2.45, 2.75) is 6.04 Å². The lowest BCUT2D eigenvalue weighted by molar-refractivity contribution is 0.0162. The highest BCUT2D eigenvalue weighted by Gasteiger charge is 2.24. The zero-order valence-electron chi connectivity index (χ0n) is 14.1. The van der Waals surface area contributed by atoms with Gasteiger partial charge in [-0.2, -0.15) is 0 Å². The van der Waals surface area contributed by atoms with Gasteiger partial charge in [0.15, 0.2) is 0 Å². The Morgan fingerprint density at radius 1 is 1.15 bits per heavy atom. The van der Waals surface area contributed by atoms with Crippen LogP contribution in [0.3, 0.4) is 0 Å². The molecule has 3 rings (SSSR count). The van der Waals surface area contributed by atoms with Crippen LogP contribution in [0.5, 0.6) is 0 Å². The van der Waals surface area contributed by atoms with E-state index in [9.17, 15) is 13.6 Å². The molecule has 1 unspecified atom stereocenters. The maximum atomic E-state index is 13.7. The summed E-state index contributed by atoms with van der Waals surface area (Å²) in [6, 6.07) is 10.3. The Morgan fingerprint density at radius 3 is 2.62 bits per heavy atom. The Hall–Kier alpha value is -1.58. The fraction of sp³-hybridized carbons (Fsp3) is 0.316. The van der Waals surface area contributed by atoms with Gasteiger partial charge in [-0.3, -0.25) is 9.69 Å². The van der Waals surface area contributed by atoms with Crippen LogP contribution in [0.1, 0.15) is 22.0 Å². The van der Waals surface area contributed by atoms with Crippen LogP contribution >= 0.6 is 22.6 Å². The Balaban J connectivity index is 1.77. The average Bonchev–Trinajstić information content (AvgIpc) is 2.65. The molecule has 26 heavy (non-hydrogen) atoms. The summed E-state index contributed by atoms with van der Waals surface area (Å²) in [5, 5.41) is 2.87. The molecule has 2 aromatic rings. The Kier molecular flexibility index (Phi) is 6.55. The second kappa shape index (κ2) is 8.88. The standard InChI is InChI=1S/C19H19F2IN2O2/c20-14-3-1-2-13(10-14)18(24-6-8-26-9-7-24)12-23-19(25)16-11-15(21)4-5-17(16)22/h1-5,10-11,18H,6-9,12H2,(H,23,25). The van der Waals surface area contributed by atoms with Gasteiger partial charge in [0.25, 0.3) is 5.91 Å². The Bertz CT molecular complexity index is 782. The third kappa shape index (κ3) is 4.77. The van der Waals surface area contributed by atoms with Gasteiger partial charge in [0.1, 0.15) is 11.6 Å². The Morgan fingerprint density at radius 2 is 1.88 bits per heavy atom. The third-order valence-corrected chi connectivity index (χ3v) is 5.29. The van der Waals surface area contributed by atoms with Gasteiger partial charge < -0.3 is 10.1 Å². The van der Waals surface area contributed by atoms with Crippen molar-refractivity contribution in [1.82, 2.24) is 10.2 Å². The van der Waals surface area contributed by atoms with Crippen molar-refractivity contribution >= 4 is 28.5 Å². The minimum Gasteiger partial charge on any atom is -0.379 e. The van der Waals surface area contributed by atoms with Crippen LogP contribution in [0.4, 0.5) is 8.78 Å². The molecule has 0 bridgehead atoms. The molecule has 1 saturated heterocycles. The smallest absolute Gasteiger partial charge is 0.252 e. The van der Waals surface area contributed by atoms with E-state index in [4.69, 9.17) is 4.74 Å². The molecule has 1 aliphatic rings. The van der Waals surface area contributed by atoms with Gasteiger partial charge in [0.2, 0.25) is 0 Å². The van der Waals surface area contributed by atoms with Crippen molar-refractivity contribution in [3.8, 4) is 0 Å². The summed E-state index contributed by atoms with van der Waals surface area (Å²) >= 11 is 2.00. The van der Waals surface area contributed by atoms with Crippen LogP contribution in [-0.4, -0.2) is 43.7 Å². The monoisotopic (exact) mass is 472 g/mol. The lowest BCUT2D eigenvalue weighted by Crippen LogP contribution is -2.44. The van der Waals surface area contributed by atoms with E-state index in [1.165, 1.54) is 24.3 Å². The summed E-state index contributed by atoms with van der Waals surface area (Å²) in [5.41, 5.74) is 1.09. The number of carbonyl (C=O) groups is 1. The molecular formula is C19H19F2IN2O2. The van der Waals surface area contributed by atoms with E-state index >= 15 is 0 Å². The molecular weight excluding hydrogens is 453 g/mol. The summed E-state index contributed by atoms with van der Waals surface area (Å²) < 4.78 is 33.2. The molecule has 2 aromatic carbocycles. The summed E-state index contributed by atoms with van der Waals surface area (Å²) in [5.74, 6) is -1.11. The van der Waals surface area contributed by atoms with Crippen LogP contribution in [0.15, 0.2) is 42.5 Å². The summed E-state index contributed by atoms with van der Waals surface area (Å²) in [6.45, 7) is 2.90. The number of amides is 1. The molecule has 1 heterocycles. The van der Waals surface area contributed by atoms with Gasteiger partial charge in [-0.15, -0.1) is 0 Å². The SMILES string of the molecule is O=C(NCC(c1cccc(F)c1)N1CCOCC1)c1cc(F)ccc1I. The number of carbonyl (C=O) groups excluding carboxylic acids is 1. The number of nitrogens with one attached hydrogen (secondary N) is 1. The number of morpholine rings is 1. The number of benzene rings is 2. The van der Waals surface area contributed by atoms with Crippen LogP contribution in [-0.2, 0) is 4.74 Å². The first-order valence-electron chi connectivity index (χ1n) is 8.35. The minimum atomic E-state index is -0.453. The van der Waals surface area contributed by atoms with Crippen molar-refractivity contribution < 1.29 is 18.3 Å². The van der Waals surface area contributed by atoms with Crippen molar-refractivity contribution in [2.75, 3.05) is 32.8 Å². The van der Waals surface area contributed by atoms with Crippen LogP contribution in [0, 0.1) is 15.2 Å². The molecule has 0 saturated carbocycles. The van der Waals surface area contributed by atoms with Crippen molar-refractivity contribution in [1.29, 1.82) is 0 Å². The number of ether oxygens (including phenoxy) is 1. The van der Waals surface area contributed by atoms with Crippen molar-refractivity contribution in [3.05, 3.63) is 68.8 Å². The first-order chi connectivity index (χ1) is 12.5. The van der Waals surface area contributed by atoms with E-state index in [2.05, 4.69) is 10.2 Å². The highest BCUT2D eigenvalue weighted by molar-refractivity contribution is 14.1. The van der Waals surface area contributed by atoms with Gasteiger partial charge >= 0.3 is 0 Å². The fourth-order valence-corrected chi connectivity index (χ4v) is 3.60. The van der Waals surface area contributed by atoms with Gasteiger partial charge in [-0.05, 0) is 58.5 Å². The topological polar surface area (TPSA) is 41.6 Å². The summed E-state index contributed by atoms with van der Waals surface area (Å²) in [4.78, 5) is 14.7. The number of hydrogen-bond acceptors (Lipinski definition) is 3. The van der Waals surface area contributed by atoms with E-state index in [-0.39, 0.29) is 17.8 Å². The third-order valence-electron chi connectivity index (χ3n) is 4.35. The highest BCUT2D eigenvalue weighted by atomic mass is 127. The molecule has 7 heteroatoms. The normalized spacial score (nSPS) is 16.3. The predicted molar refractivity (Wildman–Crippen MR) is 103 cm³/mol. The van der Waals surface area contributed by atoms with Crippen LogP contribution in [0.2, 0.25) is 0 Å². The van der Waals surface area contributed by atoms with E-state index < -0.39 is 5.82 Å². The lowest BCUT2D eigenvalue weighted by atomic mass is 10.0. The van der Waals surface area contributed by atoms with Gasteiger partial charge in [0, 0.05) is 23.2 Å². The maximum Gasteiger partial charge on any atom is 0.252 e. The highest BCUT2D eigenvalue weighted by Crippen LogP contribution is 2.22. The van der Waals surface area contributed by atoms with Crippen LogP contribution in [0.25, 0.3) is 0 Å². The molecule has 0 spiro atoms. The zero-order chi connectivity index (χ0) is 18.5. The van der Waals surface area contributed by atoms with Crippen LogP contribution < -0.4 is 5.32 Å². The average molecular weight is 472 g/mol. The zero-order valence-corrected chi connectivity index (χ0v) is 16.2. The number of hydrogen-bond donors (Lipinski definition) is 1. The van der Waals surface area contributed by atoms with E-state index in [0.29, 0.717) is 42.0 Å². The first kappa shape index (κ1) is 19.2. The molecule has 1 N–H and O–H groups in total. The molecule has 1 atom stereocenters. The van der Waals surface area contributed by atoms with Crippen molar-refractivity contribution in [3.63, 3.8) is 0 Å². The maximum absolute atomic E-state index is 13.7. The fourth-order valence-electron chi connectivity index (χ4n) is 3.02. The molecule has 0 aromatic heterocycles. The first-order valence-corrected chi connectivity index (χ1v) is 9.43. The molecule has 0 radical (unpaired) electrons. The molecule has 0 aliphatic carbocycles. The van der Waals surface area contributed by atoms with Crippen molar-refractivity contribution in [2.24, 2.45) is 0 Å². The minimum absolute atomic E-state index is 0.176. The predicted octanol–water partition coefficient (Wildman–Crippen LogP) is 3.37. The summed E-state index contributed by atoms with van der Waals surface area (Å²) in [6.07, 6.45) is 0. The van der Waals surface area contributed by atoms with E-state index in [1.54, 1.807) is 12.1 Å². The summed E-state index contributed by atoms with van der Waals surface area (Å²) in [7, 11) is 0. The second-order valence-corrected chi connectivity index (χ2v) is 7.22. The number of rotatable bonds is 5. The number of halogens is 3. The van der Waals surface area contributed by atoms with E-state index in [0.717, 1.165) is 5.56 Å². The molecule has 1 fully saturated rings. The van der Waals surface area contributed by atoms with Gasteiger partial charge in [0.05, 0.1) is 24.8 Å². The molecule has 1 aliphatic heterocycles. The molecule has 1 amide bonds. The Labute approximate surface area is 164 Å². The van der Waals surface area contributed by atoms with Gasteiger partial charge in [-0.25, -0.2) is 8.78 Å².